The first-order valence-corrected chi connectivity index (χ1v) is 8.28. The van der Waals surface area contributed by atoms with E-state index >= 15 is 0 Å². The Labute approximate surface area is 161 Å². The van der Waals surface area contributed by atoms with Gasteiger partial charge in [-0.2, -0.15) is 0 Å². The molecule has 0 aliphatic carbocycles. The Morgan fingerprint density at radius 1 is 0.964 bits per heavy atom. The lowest BCUT2D eigenvalue weighted by atomic mass is 10.1. The van der Waals surface area contributed by atoms with Gasteiger partial charge < -0.3 is 29.4 Å². The monoisotopic (exact) mass is 385 g/mol. The minimum atomic E-state index is -1.01. The van der Waals surface area contributed by atoms with Gasteiger partial charge in [-0.3, -0.25) is 4.79 Å². The second-order valence-electron chi connectivity index (χ2n) is 5.86. The molecule has 1 aliphatic rings. The summed E-state index contributed by atoms with van der Waals surface area (Å²) in [6, 6.07) is 9.31. The molecule has 3 rings (SSSR count). The molecule has 0 saturated carbocycles. The van der Waals surface area contributed by atoms with E-state index < -0.39 is 12.2 Å². The van der Waals surface area contributed by atoms with Gasteiger partial charge in [0.15, 0.2) is 17.7 Å². The van der Waals surface area contributed by atoms with Gasteiger partial charge in [0, 0.05) is 11.1 Å². The molecule has 146 valence electrons. The molecular weight excluding hydrogens is 366 g/mol. The van der Waals surface area contributed by atoms with Gasteiger partial charge in [-0.05, 0) is 24.3 Å². The molecule has 0 radical (unpaired) electrons. The van der Waals surface area contributed by atoms with Gasteiger partial charge in [-0.15, -0.1) is 0 Å². The summed E-state index contributed by atoms with van der Waals surface area (Å²) in [6.07, 6.45) is 0.741. The minimum absolute atomic E-state index is 0.170. The number of carbonyl (C=O) groups excluding carboxylic acids is 1. The zero-order valence-corrected chi connectivity index (χ0v) is 15.5. The van der Waals surface area contributed by atoms with Crippen molar-refractivity contribution in [1.29, 1.82) is 0 Å². The highest BCUT2D eigenvalue weighted by Crippen LogP contribution is 2.39. The third kappa shape index (κ3) is 3.57. The number of aromatic carboxylic acids is 1. The van der Waals surface area contributed by atoms with Crippen molar-refractivity contribution in [3.63, 3.8) is 0 Å². The predicted molar refractivity (Wildman–Crippen MR) is 98.9 cm³/mol. The van der Waals surface area contributed by atoms with Crippen LogP contribution in [0.2, 0.25) is 0 Å². The number of ether oxygens (including phenoxy) is 4. The fourth-order valence-electron chi connectivity index (χ4n) is 2.79. The lowest BCUT2D eigenvalue weighted by molar-refractivity contribution is 0.0696. The number of rotatable bonds is 7. The Balaban J connectivity index is 1.80. The molecule has 0 amide bonds. The lowest BCUT2D eigenvalue weighted by Crippen LogP contribution is -2.21. The van der Waals surface area contributed by atoms with E-state index in [1.807, 2.05) is 0 Å². The van der Waals surface area contributed by atoms with Crippen molar-refractivity contribution in [3.05, 3.63) is 65.0 Å². The van der Waals surface area contributed by atoms with Gasteiger partial charge >= 0.3 is 5.97 Å². The molecule has 0 saturated heterocycles. The second-order valence-corrected chi connectivity index (χ2v) is 5.86. The van der Waals surface area contributed by atoms with E-state index in [4.69, 9.17) is 24.1 Å². The second kappa shape index (κ2) is 7.91. The van der Waals surface area contributed by atoms with Crippen LogP contribution in [0.5, 0.6) is 17.2 Å². The number of nitrogens with one attached hydrogen (secondary N) is 1. The summed E-state index contributed by atoms with van der Waals surface area (Å²) in [7, 11) is 4.42. The third-order valence-corrected chi connectivity index (χ3v) is 4.24. The molecule has 8 heteroatoms. The van der Waals surface area contributed by atoms with Crippen LogP contribution in [-0.2, 0) is 4.74 Å². The SMILES string of the molecule is COc1cc(C(=O)C2=COC(c3ccc(C(=O)O)cc3)N2)cc(OC)c1OC. The van der Waals surface area contributed by atoms with E-state index in [9.17, 15) is 9.59 Å². The Hall–Kier alpha value is -3.68. The van der Waals surface area contributed by atoms with Crippen LogP contribution in [0.25, 0.3) is 0 Å². The first kappa shape index (κ1) is 19.1. The number of allylic oxidation sites excluding steroid dienone is 1. The van der Waals surface area contributed by atoms with E-state index in [0.717, 1.165) is 0 Å². The van der Waals surface area contributed by atoms with Crippen molar-refractivity contribution >= 4 is 11.8 Å². The number of carboxylic acids is 1. The molecule has 28 heavy (non-hydrogen) atoms. The fraction of sp³-hybridized carbons (Fsp3) is 0.200. The molecule has 1 atom stereocenters. The molecule has 2 aromatic carbocycles. The summed E-state index contributed by atoms with van der Waals surface area (Å²) in [5, 5.41) is 12.0. The van der Waals surface area contributed by atoms with Crippen LogP contribution in [0.15, 0.2) is 48.4 Å². The Morgan fingerprint density at radius 3 is 2.07 bits per heavy atom. The van der Waals surface area contributed by atoms with Crippen LogP contribution in [0, 0.1) is 0 Å². The number of hydrogen-bond acceptors (Lipinski definition) is 7. The van der Waals surface area contributed by atoms with Crippen molar-refractivity contribution < 1.29 is 33.6 Å². The average molecular weight is 385 g/mol. The van der Waals surface area contributed by atoms with Gasteiger partial charge in [0.05, 0.1) is 26.9 Å². The number of Topliss-reactive ketones (excluding diaryl/α,β-unsaturated/α-hetero) is 1. The first-order valence-electron chi connectivity index (χ1n) is 8.28. The maximum absolute atomic E-state index is 12.9. The molecule has 2 aromatic rings. The van der Waals surface area contributed by atoms with Crippen molar-refractivity contribution in [1.82, 2.24) is 5.32 Å². The van der Waals surface area contributed by atoms with Crippen LogP contribution >= 0.6 is 0 Å². The van der Waals surface area contributed by atoms with E-state index in [1.54, 1.807) is 24.3 Å². The molecule has 0 spiro atoms. The topological polar surface area (TPSA) is 103 Å². The zero-order valence-electron chi connectivity index (χ0n) is 15.5. The van der Waals surface area contributed by atoms with Crippen LogP contribution in [0.3, 0.4) is 0 Å². The largest absolute Gasteiger partial charge is 0.493 e. The Morgan fingerprint density at radius 2 is 1.57 bits per heavy atom. The maximum Gasteiger partial charge on any atom is 0.335 e. The van der Waals surface area contributed by atoms with Gasteiger partial charge in [-0.1, -0.05) is 12.1 Å². The molecule has 1 unspecified atom stereocenters. The van der Waals surface area contributed by atoms with Crippen LogP contribution < -0.4 is 19.5 Å². The van der Waals surface area contributed by atoms with E-state index in [-0.39, 0.29) is 17.0 Å². The van der Waals surface area contributed by atoms with E-state index in [1.165, 1.54) is 39.7 Å². The summed E-state index contributed by atoms with van der Waals surface area (Å²) in [5.41, 5.74) is 1.44. The number of hydrogen-bond donors (Lipinski definition) is 2. The van der Waals surface area contributed by atoms with Crippen molar-refractivity contribution in [2.75, 3.05) is 21.3 Å². The quantitative estimate of drug-likeness (QED) is 0.702. The summed E-state index contributed by atoms with van der Waals surface area (Å²) in [5.74, 6) is -0.203. The smallest absolute Gasteiger partial charge is 0.335 e. The van der Waals surface area contributed by atoms with Crippen molar-refractivity contribution in [2.24, 2.45) is 0 Å². The molecular formula is C20H19NO7. The summed E-state index contributed by atoms with van der Waals surface area (Å²) in [6.45, 7) is 0. The van der Waals surface area contributed by atoms with Crippen LogP contribution in [0.4, 0.5) is 0 Å². The third-order valence-electron chi connectivity index (χ3n) is 4.24. The van der Waals surface area contributed by atoms with Crippen molar-refractivity contribution in [2.45, 2.75) is 6.23 Å². The summed E-state index contributed by atoms with van der Waals surface area (Å²) < 4.78 is 21.3. The number of carboxylic acid groups (broad SMARTS) is 1. The highest BCUT2D eigenvalue weighted by Gasteiger charge is 2.26. The molecule has 2 N–H and O–H groups in total. The number of ketones is 1. The maximum atomic E-state index is 12.9. The van der Waals surface area contributed by atoms with Gasteiger partial charge in [0.1, 0.15) is 12.0 Å². The van der Waals surface area contributed by atoms with Crippen molar-refractivity contribution in [3.8, 4) is 17.2 Å². The Bertz CT molecular complexity index is 909. The Kier molecular flexibility index (Phi) is 5.39. The lowest BCUT2D eigenvalue weighted by Gasteiger charge is -2.15. The molecule has 1 aliphatic heterocycles. The standard InChI is InChI=1S/C20H19NO7/c1-25-15-8-13(9-16(26-2)18(15)27-3)17(22)14-10-28-19(21-14)11-4-6-12(7-5-11)20(23)24/h4-10,19,21H,1-3H3,(H,23,24). The van der Waals surface area contributed by atoms with Gasteiger partial charge in [0.2, 0.25) is 11.5 Å². The number of carbonyl (C=O) groups is 2. The molecule has 0 bridgehead atoms. The zero-order chi connectivity index (χ0) is 20.3. The minimum Gasteiger partial charge on any atom is -0.493 e. The summed E-state index contributed by atoms with van der Waals surface area (Å²) in [4.78, 5) is 23.8. The highest BCUT2D eigenvalue weighted by atomic mass is 16.5. The van der Waals surface area contributed by atoms with Crippen LogP contribution in [0.1, 0.15) is 32.5 Å². The first-order chi connectivity index (χ1) is 13.5. The van der Waals surface area contributed by atoms with Gasteiger partial charge in [0.25, 0.3) is 0 Å². The molecule has 0 fully saturated rings. The molecule has 1 heterocycles. The number of methoxy groups -OCH3 is 3. The van der Waals surface area contributed by atoms with Gasteiger partial charge in [-0.25, -0.2) is 4.79 Å². The average Bonchev–Trinajstić information content (AvgIpc) is 3.22. The molecule has 0 aromatic heterocycles. The highest BCUT2D eigenvalue weighted by molar-refractivity contribution is 6.09. The number of benzene rings is 2. The normalized spacial score (nSPS) is 15.1. The fourth-order valence-corrected chi connectivity index (χ4v) is 2.79. The van der Waals surface area contributed by atoms with E-state index in [0.29, 0.717) is 28.4 Å². The molecule has 8 nitrogen and oxygen atoms in total. The van der Waals surface area contributed by atoms with E-state index in [2.05, 4.69) is 5.32 Å². The summed E-state index contributed by atoms with van der Waals surface area (Å²) >= 11 is 0. The predicted octanol–water partition coefficient (Wildman–Crippen LogP) is 2.75. The van der Waals surface area contributed by atoms with Crippen LogP contribution in [-0.4, -0.2) is 38.2 Å².